The second-order valence-corrected chi connectivity index (χ2v) is 3.15. The van der Waals surface area contributed by atoms with Crippen LogP contribution < -0.4 is 5.32 Å². The molecule has 1 amide bonds. The van der Waals surface area contributed by atoms with Gasteiger partial charge in [-0.2, -0.15) is 5.26 Å². The third-order valence-electron chi connectivity index (χ3n) is 1.87. The fraction of sp³-hybridized carbons (Fsp3) is 0.182. The molecule has 1 atom stereocenters. The topological polar surface area (TPSA) is 70.0 Å². The molecule has 16 heavy (non-hydrogen) atoms. The molecule has 1 aromatic rings. The number of nitriles is 1. The Morgan fingerprint density at radius 1 is 1.44 bits per heavy atom. The minimum atomic E-state index is -2.16. The van der Waals surface area contributed by atoms with Crippen molar-refractivity contribution in [2.24, 2.45) is 0 Å². The van der Waals surface area contributed by atoms with Gasteiger partial charge in [-0.05, 0) is 31.2 Å². The van der Waals surface area contributed by atoms with Crippen molar-refractivity contribution in [2.75, 3.05) is 5.32 Å². The molecule has 0 saturated heterocycles. The van der Waals surface area contributed by atoms with Crippen molar-refractivity contribution in [3.8, 4) is 6.07 Å². The summed E-state index contributed by atoms with van der Waals surface area (Å²) < 4.78 is 12.9. The number of ketones is 1. The zero-order valence-corrected chi connectivity index (χ0v) is 8.53. The number of carbonyl (C=O) groups excluding carboxylic acids is 2. The molecule has 0 aliphatic carbocycles. The van der Waals surface area contributed by atoms with E-state index in [9.17, 15) is 14.0 Å². The maximum atomic E-state index is 12.9. The Kier molecular flexibility index (Phi) is 3.72. The van der Waals surface area contributed by atoms with Gasteiger partial charge in [-0.15, -0.1) is 0 Å². The normalized spacial score (nSPS) is 11.3. The standard InChI is InChI=1S/C11H9FN2O2.H2/c1-7(15)10(12)11(16)14-9-4-2-8(6-13)3-5-9;/h2-5,10H,1H3,(H,14,16);1H. The number of halogens is 1. The number of anilines is 1. The van der Waals surface area contributed by atoms with Crippen LogP contribution in [0.4, 0.5) is 10.1 Å². The van der Waals surface area contributed by atoms with E-state index in [2.05, 4.69) is 5.32 Å². The zero-order valence-electron chi connectivity index (χ0n) is 8.53. The van der Waals surface area contributed by atoms with Crippen LogP contribution in [0.2, 0.25) is 0 Å². The van der Waals surface area contributed by atoms with Crippen LogP contribution in [0, 0.1) is 11.3 Å². The summed E-state index contributed by atoms with van der Waals surface area (Å²) in [4.78, 5) is 21.7. The van der Waals surface area contributed by atoms with Crippen molar-refractivity contribution in [3.63, 3.8) is 0 Å². The first kappa shape index (κ1) is 11.9. The molecule has 1 rings (SSSR count). The molecule has 0 heterocycles. The Bertz CT molecular complexity index is 454. The number of rotatable bonds is 3. The van der Waals surface area contributed by atoms with Crippen LogP contribution in [-0.2, 0) is 9.59 Å². The van der Waals surface area contributed by atoms with Crippen molar-refractivity contribution in [3.05, 3.63) is 29.8 Å². The van der Waals surface area contributed by atoms with Crippen molar-refractivity contribution >= 4 is 17.4 Å². The van der Waals surface area contributed by atoms with Gasteiger partial charge in [0.25, 0.3) is 5.91 Å². The molecule has 1 aromatic carbocycles. The molecule has 1 N–H and O–H groups in total. The molecule has 1 unspecified atom stereocenters. The summed E-state index contributed by atoms with van der Waals surface area (Å²) in [5.74, 6) is -1.84. The molecule has 0 aromatic heterocycles. The number of benzene rings is 1. The van der Waals surface area contributed by atoms with Gasteiger partial charge in [0.15, 0.2) is 5.78 Å². The Labute approximate surface area is 93.2 Å². The molecule has 84 valence electrons. The first-order valence-electron chi connectivity index (χ1n) is 4.50. The number of Topliss-reactive ketones (excluding diaryl/α,β-unsaturated/α-hetero) is 1. The molecular weight excluding hydrogens is 211 g/mol. The van der Waals surface area contributed by atoms with Crippen molar-refractivity contribution in [1.29, 1.82) is 5.26 Å². The van der Waals surface area contributed by atoms with Gasteiger partial charge in [0.05, 0.1) is 11.6 Å². The van der Waals surface area contributed by atoms with Crippen LogP contribution in [0.1, 0.15) is 13.9 Å². The van der Waals surface area contributed by atoms with Gasteiger partial charge in [-0.3, -0.25) is 9.59 Å². The molecule has 4 nitrogen and oxygen atoms in total. The largest absolute Gasteiger partial charge is 0.323 e. The highest BCUT2D eigenvalue weighted by molar-refractivity contribution is 6.08. The van der Waals surface area contributed by atoms with Crippen LogP contribution in [-0.4, -0.2) is 17.9 Å². The summed E-state index contributed by atoms with van der Waals surface area (Å²) in [6.45, 7) is 1.00. The lowest BCUT2D eigenvalue weighted by atomic mass is 10.2. The first-order chi connectivity index (χ1) is 7.54. The Morgan fingerprint density at radius 2 is 2.00 bits per heavy atom. The molecule has 0 aliphatic heterocycles. The minimum absolute atomic E-state index is 0. The fourth-order valence-electron chi connectivity index (χ4n) is 1.02. The summed E-state index contributed by atoms with van der Waals surface area (Å²) in [5.41, 5.74) is 0.772. The average molecular weight is 222 g/mol. The van der Waals surface area contributed by atoms with Crippen molar-refractivity contribution in [1.82, 2.24) is 0 Å². The summed E-state index contributed by atoms with van der Waals surface area (Å²) in [6, 6.07) is 7.80. The van der Waals surface area contributed by atoms with E-state index in [1.165, 1.54) is 24.3 Å². The highest BCUT2D eigenvalue weighted by atomic mass is 19.1. The van der Waals surface area contributed by atoms with Crippen LogP contribution >= 0.6 is 0 Å². The lowest BCUT2D eigenvalue weighted by molar-refractivity contribution is -0.131. The predicted octanol–water partition coefficient (Wildman–Crippen LogP) is 1.67. The van der Waals surface area contributed by atoms with E-state index in [-0.39, 0.29) is 1.43 Å². The van der Waals surface area contributed by atoms with Gasteiger partial charge in [0, 0.05) is 7.11 Å². The summed E-state index contributed by atoms with van der Waals surface area (Å²) in [6.07, 6.45) is -2.16. The quantitative estimate of drug-likeness (QED) is 0.791. The van der Waals surface area contributed by atoms with Gasteiger partial charge < -0.3 is 5.32 Å². The van der Waals surface area contributed by atoms with E-state index >= 15 is 0 Å². The van der Waals surface area contributed by atoms with Gasteiger partial charge in [0.1, 0.15) is 0 Å². The van der Waals surface area contributed by atoms with Crippen molar-refractivity contribution in [2.45, 2.75) is 13.1 Å². The Morgan fingerprint density at radius 3 is 2.44 bits per heavy atom. The van der Waals surface area contributed by atoms with Crippen LogP contribution in [0.25, 0.3) is 0 Å². The SMILES string of the molecule is CC(=O)C(F)C(=O)Nc1ccc(C#N)cc1.[HH]. The van der Waals surface area contributed by atoms with Gasteiger partial charge in [-0.25, -0.2) is 4.39 Å². The average Bonchev–Trinajstić information content (AvgIpc) is 2.28. The van der Waals surface area contributed by atoms with E-state index in [0.29, 0.717) is 11.3 Å². The Hall–Kier alpha value is -2.22. The van der Waals surface area contributed by atoms with E-state index in [1.807, 2.05) is 6.07 Å². The van der Waals surface area contributed by atoms with Crippen molar-refractivity contribution < 1.29 is 15.4 Å². The molecule has 0 radical (unpaired) electrons. The fourth-order valence-corrected chi connectivity index (χ4v) is 1.02. The van der Waals surface area contributed by atoms with E-state index in [0.717, 1.165) is 6.92 Å². The molecule has 0 fully saturated rings. The zero-order chi connectivity index (χ0) is 12.1. The molecule has 5 heteroatoms. The number of alkyl halides is 1. The maximum Gasteiger partial charge on any atom is 0.266 e. The first-order valence-corrected chi connectivity index (χ1v) is 4.50. The second kappa shape index (κ2) is 5.03. The second-order valence-electron chi connectivity index (χ2n) is 3.15. The highest BCUT2D eigenvalue weighted by Gasteiger charge is 2.21. The molecule has 0 bridgehead atoms. The van der Waals surface area contributed by atoms with E-state index < -0.39 is 17.9 Å². The lowest BCUT2D eigenvalue weighted by Gasteiger charge is -2.06. The van der Waals surface area contributed by atoms with Gasteiger partial charge >= 0.3 is 0 Å². The van der Waals surface area contributed by atoms with Crippen LogP contribution in [0.3, 0.4) is 0 Å². The molecular formula is C11H11FN2O2. The minimum Gasteiger partial charge on any atom is -0.323 e. The summed E-state index contributed by atoms with van der Waals surface area (Å²) in [7, 11) is 0. The smallest absolute Gasteiger partial charge is 0.266 e. The van der Waals surface area contributed by atoms with Crippen LogP contribution in [0.15, 0.2) is 24.3 Å². The monoisotopic (exact) mass is 222 g/mol. The number of amides is 1. The summed E-state index contributed by atoms with van der Waals surface area (Å²) >= 11 is 0. The number of hydrogen-bond donors (Lipinski definition) is 1. The van der Waals surface area contributed by atoms with Gasteiger partial charge in [-0.1, -0.05) is 0 Å². The van der Waals surface area contributed by atoms with E-state index in [1.54, 1.807) is 0 Å². The van der Waals surface area contributed by atoms with Crippen LogP contribution in [0.5, 0.6) is 0 Å². The molecule has 0 saturated carbocycles. The predicted molar refractivity (Wildman–Crippen MR) is 57.5 cm³/mol. The number of nitrogens with one attached hydrogen (secondary N) is 1. The van der Waals surface area contributed by atoms with Gasteiger partial charge in [0.2, 0.25) is 6.17 Å². The number of nitrogens with zero attached hydrogens (tertiary/aromatic N) is 1. The maximum absolute atomic E-state index is 12.9. The lowest BCUT2D eigenvalue weighted by Crippen LogP contribution is -2.29. The molecule has 0 aliphatic rings. The van der Waals surface area contributed by atoms with E-state index in [4.69, 9.17) is 5.26 Å². The third-order valence-corrected chi connectivity index (χ3v) is 1.87. The summed E-state index contributed by atoms with van der Waals surface area (Å²) in [5, 5.41) is 10.8. The number of carbonyl (C=O) groups is 2. The number of hydrogen-bond acceptors (Lipinski definition) is 3. The third kappa shape index (κ3) is 2.89. The molecule has 0 spiro atoms. The highest BCUT2D eigenvalue weighted by Crippen LogP contribution is 2.09. The Balaban J connectivity index is 0.00000256.